The maximum atomic E-state index is 4.99. The third kappa shape index (κ3) is 3.87. The molecule has 0 spiro atoms. The summed E-state index contributed by atoms with van der Waals surface area (Å²) in [6, 6.07) is 8.70. The molecule has 1 saturated carbocycles. The number of benzene rings is 1. The van der Waals surface area contributed by atoms with Gasteiger partial charge >= 0.3 is 0 Å². The van der Waals surface area contributed by atoms with Crippen molar-refractivity contribution in [2.45, 2.75) is 37.5 Å². The van der Waals surface area contributed by atoms with Crippen molar-refractivity contribution in [3.05, 3.63) is 47.7 Å². The van der Waals surface area contributed by atoms with Crippen molar-refractivity contribution in [1.29, 1.82) is 0 Å². The molecule has 1 N–H and O–H groups in total. The van der Waals surface area contributed by atoms with Gasteiger partial charge < -0.3 is 9.88 Å². The number of pyridine rings is 1. The van der Waals surface area contributed by atoms with Gasteiger partial charge in [-0.15, -0.1) is 11.8 Å². The lowest BCUT2D eigenvalue weighted by atomic mass is 10.1. The fourth-order valence-electron chi connectivity index (χ4n) is 3.80. The number of fused-ring (bicyclic) bond motifs is 1. The Morgan fingerprint density at radius 2 is 1.97 bits per heavy atom. The monoisotopic (exact) mass is 562 g/mol. The van der Waals surface area contributed by atoms with Crippen molar-refractivity contribution in [3.8, 4) is 11.4 Å². The fourth-order valence-corrected chi connectivity index (χ4v) is 6.53. The first-order valence-electron chi connectivity index (χ1n) is 10.2. The molecule has 5 rings (SSSR count). The largest absolute Gasteiger partial charge is 0.353 e. The number of anilines is 2. The summed E-state index contributed by atoms with van der Waals surface area (Å²) in [4.78, 5) is 15.6. The second-order valence-electron chi connectivity index (χ2n) is 7.94. The van der Waals surface area contributed by atoms with Crippen LogP contribution in [0.4, 0.5) is 11.4 Å². The molecule has 1 unspecified atom stereocenters. The molecule has 0 amide bonds. The summed E-state index contributed by atoms with van der Waals surface area (Å²) in [5, 5.41) is 3.69. The number of halogens is 1. The number of aromatic nitrogens is 5. The number of nitrogens with zero attached hydrogens (tertiary/aromatic N) is 5. The fraction of sp³-hybridized carbons (Fsp3) is 0.318. The first-order chi connectivity index (χ1) is 15.0. The van der Waals surface area contributed by atoms with Gasteiger partial charge in [0.2, 0.25) is 0 Å². The highest BCUT2D eigenvalue weighted by Gasteiger charge is 2.27. The van der Waals surface area contributed by atoms with Crippen LogP contribution in [0.15, 0.2) is 35.4 Å². The Morgan fingerprint density at radius 1 is 1.16 bits per heavy atom. The Kier molecular flexibility index (Phi) is 5.73. The van der Waals surface area contributed by atoms with Crippen LogP contribution in [0.5, 0.6) is 0 Å². The van der Waals surface area contributed by atoms with Crippen LogP contribution in [0.1, 0.15) is 36.0 Å². The summed E-state index contributed by atoms with van der Waals surface area (Å²) >= 11 is 4.14. The Labute approximate surface area is 201 Å². The van der Waals surface area contributed by atoms with E-state index in [2.05, 4.69) is 92.7 Å². The molecule has 9 heteroatoms. The van der Waals surface area contributed by atoms with Crippen LogP contribution < -0.4 is 5.32 Å². The Morgan fingerprint density at radius 3 is 2.61 bits per heavy atom. The molecule has 0 saturated heterocycles. The standard InChI is InChI=1S/C22H24IN6PS/c1-12-11-24-21(28(12)3)15-7-8-16(19(9-15)31-4)26-18-10-17(14-5-6-14)27-22-20(18)25-13(2)29(22)30-23/h7-11,14,30H,5-6H2,1-4H3,(H,26,27). The molecular formula is C22H24IN6PS. The molecule has 1 aliphatic rings. The van der Waals surface area contributed by atoms with Gasteiger partial charge in [-0.1, -0.05) is 0 Å². The van der Waals surface area contributed by atoms with Gasteiger partial charge in [-0.25, -0.2) is 15.0 Å². The van der Waals surface area contributed by atoms with Crippen molar-refractivity contribution in [3.63, 3.8) is 0 Å². The van der Waals surface area contributed by atoms with E-state index in [1.165, 1.54) is 23.4 Å². The van der Waals surface area contributed by atoms with Crippen LogP contribution in [0.3, 0.4) is 0 Å². The summed E-state index contributed by atoms with van der Waals surface area (Å²) in [5.74, 6) is 2.58. The lowest BCUT2D eigenvalue weighted by Crippen LogP contribution is -1.99. The second-order valence-corrected chi connectivity index (χ2v) is 10.9. The summed E-state index contributed by atoms with van der Waals surface area (Å²) in [7, 11) is 2.06. The highest BCUT2D eigenvalue weighted by atomic mass is 127. The first-order valence-corrected chi connectivity index (χ1v) is 15.5. The molecule has 1 aliphatic carbocycles. The van der Waals surface area contributed by atoms with E-state index < -0.39 is 0 Å². The van der Waals surface area contributed by atoms with Crippen LogP contribution in [0.2, 0.25) is 0 Å². The third-order valence-electron chi connectivity index (χ3n) is 5.83. The number of hydrogen-bond acceptors (Lipinski definition) is 5. The smallest absolute Gasteiger partial charge is 0.166 e. The summed E-state index contributed by atoms with van der Waals surface area (Å²) in [6.07, 6.45) is 7.07. The van der Waals surface area contributed by atoms with Crippen LogP contribution in [0.25, 0.3) is 22.6 Å². The Balaban J connectivity index is 1.58. The molecule has 31 heavy (non-hydrogen) atoms. The average molecular weight is 562 g/mol. The lowest BCUT2D eigenvalue weighted by molar-refractivity contribution is 0.883. The van der Waals surface area contributed by atoms with E-state index in [1.807, 2.05) is 6.20 Å². The SMILES string of the molecule is CSc1cc(-c2ncc(C)n2C)ccc1Nc1cc(C2CC2)nc2c1nc(C)n2PI. The van der Waals surface area contributed by atoms with Gasteiger partial charge in [-0.3, -0.25) is 4.34 Å². The molecule has 1 fully saturated rings. The number of thioether (sulfide) groups is 1. The minimum Gasteiger partial charge on any atom is -0.353 e. The normalized spacial score (nSPS) is 14.2. The molecule has 6 nitrogen and oxygen atoms in total. The molecule has 1 aromatic carbocycles. The zero-order valence-electron chi connectivity index (χ0n) is 17.9. The number of nitrogens with one attached hydrogen (secondary N) is 1. The van der Waals surface area contributed by atoms with E-state index in [4.69, 9.17) is 9.97 Å². The van der Waals surface area contributed by atoms with Crippen LogP contribution >= 0.6 is 40.2 Å². The number of hydrogen-bond donors (Lipinski definition) is 1. The van der Waals surface area contributed by atoms with Crippen molar-refractivity contribution < 1.29 is 0 Å². The highest BCUT2D eigenvalue weighted by Crippen LogP contribution is 2.43. The molecular weight excluding hydrogens is 538 g/mol. The lowest BCUT2D eigenvalue weighted by Gasteiger charge is -2.14. The predicted molar refractivity (Wildman–Crippen MR) is 140 cm³/mol. The van der Waals surface area contributed by atoms with Gasteiger partial charge in [0.15, 0.2) is 5.65 Å². The van der Waals surface area contributed by atoms with Crippen LogP contribution in [-0.2, 0) is 7.05 Å². The average Bonchev–Trinajstić information content (AvgIpc) is 3.50. The van der Waals surface area contributed by atoms with Gasteiger partial charge in [-0.05, 0) is 79.3 Å². The first kappa shape index (κ1) is 21.2. The molecule has 0 bridgehead atoms. The second kappa shape index (κ2) is 8.37. The number of imidazole rings is 2. The van der Waals surface area contributed by atoms with E-state index in [1.54, 1.807) is 11.8 Å². The van der Waals surface area contributed by atoms with Gasteiger partial charge in [0.05, 0.1) is 17.7 Å². The minimum atomic E-state index is 0.583. The molecule has 4 aromatic rings. The topological polar surface area (TPSA) is 60.6 Å². The molecule has 3 aromatic heterocycles. The predicted octanol–water partition coefficient (Wildman–Crippen LogP) is 6.58. The minimum absolute atomic E-state index is 0.583. The van der Waals surface area contributed by atoms with Crippen LogP contribution in [0, 0.1) is 13.8 Å². The van der Waals surface area contributed by atoms with Gasteiger partial charge in [0, 0.05) is 41.0 Å². The van der Waals surface area contributed by atoms with Gasteiger partial charge in [0.25, 0.3) is 0 Å². The van der Waals surface area contributed by atoms with Crippen molar-refractivity contribution in [2.75, 3.05) is 11.6 Å². The molecule has 0 aliphatic heterocycles. The molecule has 160 valence electrons. The maximum absolute atomic E-state index is 4.99. The molecule has 1 atom stereocenters. The zero-order chi connectivity index (χ0) is 21.7. The molecule has 0 radical (unpaired) electrons. The third-order valence-corrected chi connectivity index (χ3v) is 8.76. The summed E-state index contributed by atoms with van der Waals surface area (Å²) < 4.78 is 4.34. The van der Waals surface area contributed by atoms with Crippen molar-refractivity contribution in [1.82, 2.24) is 23.9 Å². The van der Waals surface area contributed by atoms with Gasteiger partial charge in [-0.2, -0.15) is 0 Å². The van der Waals surface area contributed by atoms with Crippen LogP contribution in [-0.4, -0.2) is 30.1 Å². The highest BCUT2D eigenvalue weighted by molar-refractivity contribution is 14.2. The van der Waals surface area contributed by atoms with E-state index >= 15 is 0 Å². The quantitative estimate of drug-likeness (QED) is 0.163. The molecule has 3 heterocycles. The zero-order valence-corrected chi connectivity index (χ0v) is 21.9. The van der Waals surface area contributed by atoms with Gasteiger partial charge in [0.1, 0.15) is 17.2 Å². The summed E-state index contributed by atoms with van der Waals surface area (Å²) in [6.45, 7) is 4.14. The van der Waals surface area contributed by atoms with Crippen molar-refractivity contribution >= 4 is 62.7 Å². The maximum Gasteiger partial charge on any atom is 0.166 e. The number of rotatable bonds is 6. The van der Waals surface area contributed by atoms with E-state index in [-0.39, 0.29) is 0 Å². The summed E-state index contributed by atoms with van der Waals surface area (Å²) in [5.41, 5.74) is 7.51. The number of aryl methyl sites for hydroxylation is 2. The van der Waals surface area contributed by atoms with Crippen molar-refractivity contribution in [2.24, 2.45) is 7.05 Å². The Hall–Kier alpha value is -1.64. The van der Waals surface area contributed by atoms with E-state index in [9.17, 15) is 0 Å². The van der Waals surface area contributed by atoms with E-state index in [0.717, 1.165) is 45.4 Å². The Bertz CT molecular complexity index is 1290. The van der Waals surface area contributed by atoms with E-state index in [0.29, 0.717) is 12.3 Å².